The van der Waals surface area contributed by atoms with E-state index in [0.29, 0.717) is 5.41 Å². The highest BCUT2D eigenvalue weighted by Gasteiger charge is 2.53. The number of hydrogen-bond donors (Lipinski definition) is 1. The first-order chi connectivity index (χ1) is 7.77. The monoisotopic (exact) mass is 217 g/mol. The van der Waals surface area contributed by atoms with Crippen molar-refractivity contribution in [2.45, 2.75) is 25.7 Å². The number of ether oxygens (including phenoxy) is 1. The van der Waals surface area contributed by atoms with Crippen LogP contribution in [0.25, 0.3) is 0 Å². The predicted molar refractivity (Wildman–Crippen MR) is 64.6 cm³/mol. The Morgan fingerprint density at radius 2 is 2.31 bits per heavy atom. The lowest BCUT2D eigenvalue weighted by Gasteiger charge is -2.25. The maximum Gasteiger partial charge on any atom is 0.119 e. The van der Waals surface area contributed by atoms with E-state index in [1.165, 1.54) is 36.8 Å². The number of aryl methyl sites for hydroxylation is 1. The highest BCUT2D eigenvalue weighted by molar-refractivity contribution is 5.39. The molecule has 2 unspecified atom stereocenters. The second-order valence-electron chi connectivity index (χ2n) is 5.31. The highest BCUT2D eigenvalue weighted by Crippen LogP contribution is 2.59. The average Bonchev–Trinajstić information content (AvgIpc) is 3.01. The van der Waals surface area contributed by atoms with Crippen molar-refractivity contribution >= 4 is 0 Å². The van der Waals surface area contributed by atoms with Crippen molar-refractivity contribution in [1.29, 1.82) is 0 Å². The van der Waals surface area contributed by atoms with Crippen LogP contribution in [0.3, 0.4) is 0 Å². The lowest BCUT2D eigenvalue weighted by Crippen LogP contribution is -2.20. The summed E-state index contributed by atoms with van der Waals surface area (Å²) in [6.07, 6.45) is 5.08. The first-order valence-corrected chi connectivity index (χ1v) is 6.13. The van der Waals surface area contributed by atoms with Crippen LogP contribution in [0.4, 0.5) is 0 Å². The molecule has 0 aromatic heterocycles. The second kappa shape index (κ2) is 3.49. The molecule has 2 N–H and O–H groups in total. The maximum atomic E-state index is 5.78. The van der Waals surface area contributed by atoms with E-state index in [2.05, 4.69) is 18.2 Å². The minimum absolute atomic E-state index is 0.566. The Kier molecular flexibility index (Phi) is 2.21. The van der Waals surface area contributed by atoms with Crippen molar-refractivity contribution in [2.24, 2.45) is 17.1 Å². The molecule has 1 aromatic rings. The van der Waals surface area contributed by atoms with Crippen LogP contribution in [0.15, 0.2) is 18.2 Å². The van der Waals surface area contributed by atoms with Gasteiger partial charge in [0.1, 0.15) is 5.75 Å². The first-order valence-electron chi connectivity index (χ1n) is 6.13. The fourth-order valence-electron chi connectivity index (χ4n) is 3.27. The fraction of sp³-hybridized carbons (Fsp3) is 0.571. The van der Waals surface area contributed by atoms with Gasteiger partial charge in [0.05, 0.1) is 7.11 Å². The van der Waals surface area contributed by atoms with E-state index in [0.717, 1.165) is 18.2 Å². The van der Waals surface area contributed by atoms with Crippen LogP contribution in [-0.2, 0) is 12.8 Å². The number of fused-ring (bicyclic) bond motifs is 1. The van der Waals surface area contributed by atoms with Gasteiger partial charge in [0.2, 0.25) is 0 Å². The van der Waals surface area contributed by atoms with Gasteiger partial charge in [-0.05, 0) is 66.8 Å². The lowest BCUT2D eigenvalue weighted by atomic mass is 9.80. The Morgan fingerprint density at radius 1 is 1.44 bits per heavy atom. The molecule has 2 nitrogen and oxygen atoms in total. The largest absolute Gasteiger partial charge is 0.497 e. The minimum atomic E-state index is 0.566. The molecule has 1 fully saturated rings. The second-order valence-corrected chi connectivity index (χ2v) is 5.31. The maximum absolute atomic E-state index is 5.78. The number of rotatable bonds is 2. The van der Waals surface area contributed by atoms with Crippen LogP contribution in [0, 0.1) is 11.3 Å². The molecule has 3 rings (SSSR count). The van der Waals surface area contributed by atoms with Gasteiger partial charge in [0, 0.05) is 0 Å². The molecule has 0 saturated heterocycles. The molecule has 0 amide bonds. The molecule has 1 spiro atoms. The van der Waals surface area contributed by atoms with E-state index in [9.17, 15) is 0 Å². The summed E-state index contributed by atoms with van der Waals surface area (Å²) in [6.45, 7) is 0.867. The van der Waals surface area contributed by atoms with Gasteiger partial charge < -0.3 is 10.5 Å². The fourth-order valence-corrected chi connectivity index (χ4v) is 3.27. The highest BCUT2D eigenvalue weighted by atomic mass is 16.5. The first kappa shape index (κ1) is 10.2. The summed E-state index contributed by atoms with van der Waals surface area (Å²) in [5, 5.41) is 0. The summed E-state index contributed by atoms with van der Waals surface area (Å²) in [6, 6.07) is 6.51. The Hall–Kier alpha value is -1.02. The molecular formula is C14H19NO. The van der Waals surface area contributed by atoms with Gasteiger partial charge in [-0.1, -0.05) is 6.07 Å². The SMILES string of the molecule is COc1ccc2c(c1)CCC1(C2)CC1CN. The molecule has 1 aromatic carbocycles. The topological polar surface area (TPSA) is 35.2 Å². The van der Waals surface area contributed by atoms with Gasteiger partial charge >= 0.3 is 0 Å². The lowest BCUT2D eigenvalue weighted by molar-refractivity contribution is 0.389. The number of hydrogen-bond acceptors (Lipinski definition) is 2. The molecule has 16 heavy (non-hydrogen) atoms. The molecule has 2 aliphatic carbocycles. The van der Waals surface area contributed by atoms with Gasteiger partial charge in [-0.15, -0.1) is 0 Å². The van der Waals surface area contributed by atoms with E-state index in [1.54, 1.807) is 7.11 Å². The molecule has 0 bridgehead atoms. The quantitative estimate of drug-likeness (QED) is 0.823. The van der Waals surface area contributed by atoms with Crippen molar-refractivity contribution in [3.8, 4) is 5.75 Å². The van der Waals surface area contributed by atoms with Gasteiger partial charge in [-0.3, -0.25) is 0 Å². The molecule has 0 aliphatic heterocycles. The van der Waals surface area contributed by atoms with Crippen molar-refractivity contribution in [3.05, 3.63) is 29.3 Å². The summed E-state index contributed by atoms with van der Waals surface area (Å²) in [5.74, 6) is 1.77. The third-order valence-electron chi connectivity index (χ3n) is 4.49. The van der Waals surface area contributed by atoms with Gasteiger partial charge in [0.15, 0.2) is 0 Å². The summed E-state index contributed by atoms with van der Waals surface area (Å²) >= 11 is 0. The Labute approximate surface area is 96.8 Å². The summed E-state index contributed by atoms with van der Waals surface area (Å²) < 4.78 is 5.27. The van der Waals surface area contributed by atoms with Crippen LogP contribution in [0.5, 0.6) is 5.75 Å². The van der Waals surface area contributed by atoms with Crippen LogP contribution in [0.2, 0.25) is 0 Å². The third-order valence-corrected chi connectivity index (χ3v) is 4.49. The van der Waals surface area contributed by atoms with E-state index in [1.807, 2.05) is 0 Å². The van der Waals surface area contributed by atoms with Crippen molar-refractivity contribution in [1.82, 2.24) is 0 Å². The van der Waals surface area contributed by atoms with Gasteiger partial charge in [-0.25, -0.2) is 0 Å². The Balaban J connectivity index is 1.85. The molecule has 86 valence electrons. The van der Waals surface area contributed by atoms with Crippen molar-refractivity contribution in [3.63, 3.8) is 0 Å². The summed E-state index contributed by atoms with van der Waals surface area (Å²) in [4.78, 5) is 0. The van der Waals surface area contributed by atoms with Gasteiger partial charge in [-0.2, -0.15) is 0 Å². The zero-order chi connectivity index (χ0) is 11.2. The number of benzene rings is 1. The average molecular weight is 217 g/mol. The molecule has 0 heterocycles. The number of methoxy groups -OCH3 is 1. The summed E-state index contributed by atoms with van der Waals surface area (Å²) in [7, 11) is 1.73. The zero-order valence-electron chi connectivity index (χ0n) is 9.83. The molecule has 2 aliphatic rings. The standard InChI is InChI=1S/C14H19NO/c1-16-13-3-2-11-7-14(8-12(14)9-15)5-4-10(11)6-13/h2-3,6,12H,4-5,7-9,15H2,1H3. The van der Waals surface area contributed by atoms with E-state index < -0.39 is 0 Å². The van der Waals surface area contributed by atoms with Gasteiger partial charge in [0.25, 0.3) is 0 Å². The molecule has 2 heteroatoms. The summed E-state index contributed by atoms with van der Waals surface area (Å²) in [5.41, 5.74) is 9.35. The van der Waals surface area contributed by atoms with E-state index in [-0.39, 0.29) is 0 Å². The zero-order valence-corrected chi connectivity index (χ0v) is 9.83. The molecular weight excluding hydrogens is 198 g/mol. The molecule has 2 atom stereocenters. The predicted octanol–water partition coefficient (Wildman–Crippen LogP) is 2.15. The normalized spacial score (nSPS) is 31.2. The van der Waals surface area contributed by atoms with Crippen molar-refractivity contribution < 1.29 is 4.74 Å². The van der Waals surface area contributed by atoms with Crippen LogP contribution in [-0.4, -0.2) is 13.7 Å². The minimum Gasteiger partial charge on any atom is -0.497 e. The third kappa shape index (κ3) is 1.44. The number of nitrogens with two attached hydrogens (primary N) is 1. The van der Waals surface area contributed by atoms with Crippen LogP contribution in [0.1, 0.15) is 24.0 Å². The Bertz CT molecular complexity index is 415. The Morgan fingerprint density at radius 3 is 3.00 bits per heavy atom. The smallest absolute Gasteiger partial charge is 0.119 e. The van der Waals surface area contributed by atoms with E-state index in [4.69, 9.17) is 10.5 Å². The van der Waals surface area contributed by atoms with Crippen LogP contribution < -0.4 is 10.5 Å². The van der Waals surface area contributed by atoms with E-state index >= 15 is 0 Å². The molecule has 1 saturated carbocycles. The van der Waals surface area contributed by atoms with Crippen molar-refractivity contribution in [2.75, 3.05) is 13.7 Å². The van der Waals surface area contributed by atoms with Crippen LogP contribution >= 0.6 is 0 Å². The molecule has 0 radical (unpaired) electrons.